The van der Waals surface area contributed by atoms with Crippen molar-refractivity contribution in [3.63, 3.8) is 0 Å². The molecule has 1 atom stereocenters. The monoisotopic (exact) mass is 183 g/mol. The van der Waals surface area contributed by atoms with Crippen LogP contribution in [-0.2, 0) is 4.79 Å². The molecular formula is C11H21NO. The van der Waals surface area contributed by atoms with E-state index in [-0.39, 0.29) is 0 Å². The highest BCUT2D eigenvalue weighted by Gasteiger charge is 2.23. The van der Waals surface area contributed by atoms with E-state index in [0.717, 1.165) is 45.3 Å². The second-order valence-corrected chi connectivity index (χ2v) is 3.87. The van der Waals surface area contributed by atoms with Crippen molar-refractivity contribution in [3.8, 4) is 0 Å². The summed E-state index contributed by atoms with van der Waals surface area (Å²) in [6.45, 7) is 7.68. The van der Waals surface area contributed by atoms with Gasteiger partial charge in [-0.05, 0) is 38.9 Å². The fraction of sp³-hybridized carbons (Fsp3) is 0.909. The van der Waals surface area contributed by atoms with Crippen LogP contribution in [0.2, 0.25) is 0 Å². The quantitative estimate of drug-likeness (QED) is 0.650. The third-order valence-electron chi connectivity index (χ3n) is 3.12. The van der Waals surface area contributed by atoms with E-state index in [0.29, 0.717) is 11.7 Å². The van der Waals surface area contributed by atoms with Crippen LogP contribution < -0.4 is 0 Å². The van der Waals surface area contributed by atoms with Gasteiger partial charge in [0.2, 0.25) is 0 Å². The molecule has 0 spiro atoms. The maximum Gasteiger partial charge on any atom is 0.136 e. The molecule has 13 heavy (non-hydrogen) atoms. The van der Waals surface area contributed by atoms with E-state index >= 15 is 0 Å². The van der Waals surface area contributed by atoms with Crippen molar-refractivity contribution in [2.75, 3.05) is 19.6 Å². The molecule has 2 heteroatoms. The van der Waals surface area contributed by atoms with Crippen molar-refractivity contribution in [1.29, 1.82) is 0 Å². The van der Waals surface area contributed by atoms with Crippen LogP contribution in [0.5, 0.6) is 0 Å². The first-order valence-corrected chi connectivity index (χ1v) is 5.53. The van der Waals surface area contributed by atoms with E-state index in [4.69, 9.17) is 0 Å². The third-order valence-corrected chi connectivity index (χ3v) is 3.12. The van der Waals surface area contributed by atoms with Gasteiger partial charge in [0.05, 0.1) is 0 Å². The molecule has 0 bridgehead atoms. The molecular weight excluding hydrogens is 162 g/mol. The lowest BCUT2D eigenvalue weighted by Crippen LogP contribution is -2.26. The van der Waals surface area contributed by atoms with E-state index in [2.05, 4.69) is 18.7 Å². The van der Waals surface area contributed by atoms with Gasteiger partial charge in [-0.3, -0.25) is 4.79 Å². The topological polar surface area (TPSA) is 20.3 Å². The van der Waals surface area contributed by atoms with Crippen LogP contribution in [0, 0.1) is 5.92 Å². The van der Waals surface area contributed by atoms with Gasteiger partial charge in [0.1, 0.15) is 5.78 Å². The second-order valence-electron chi connectivity index (χ2n) is 3.87. The summed E-state index contributed by atoms with van der Waals surface area (Å²) < 4.78 is 0. The average molecular weight is 183 g/mol. The molecule has 1 saturated carbocycles. The number of nitrogens with zero attached hydrogens (tertiary/aromatic N) is 1. The molecule has 0 aliphatic heterocycles. The van der Waals surface area contributed by atoms with Crippen LogP contribution >= 0.6 is 0 Å². The summed E-state index contributed by atoms with van der Waals surface area (Å²) in [5.41, 5.74) is 0. The highest BCUT2D eigenvalue weighted by Crippen LogP contribution is 2.24. The maximum atomic E-state index is 11.3. The smallest absolute Gasteiger partial charge is 0.136 e. The first-order valence-electron chi connectivity index (χ1n) is 5.53. The van der Waals surface area contributed by atoms with Crippen LogP contribution in [0.25, 0.3) is 0 Å². The van der Waals surface area contributed by atoms with Gasteiger partial charge in [-0.1, -0.05) is 13.8 Å². The van der Waals surface area contributed by atoms with Crippen LogP contribution in [-0.4, -0.2) is 30.3 Å². The molecule has 76 valence electrons. The van der Waals surface area contributed by atoms with Crippen molar-refractivity contribution < 1.29 is 4.79 Å². The molecule has 0 saturated heterocycles. The van der Waals surface area contributed by atoms with Gasteiger partial charge in [0, 0.05) is 12.3 Å². The predicted molar refractivity (Wildman–Crippen MR) is 54.8 cm³/mol. The molecule has 1 aliphatic rings. The molecule has 1 aliphatic carbocycles. The number of hydrogen-bond acceptors (Lipinski definition) is 2. The van der Waals surface area contributed by atoms with Gasteiger partial charge < -0.3 is 4.90 Å². The van der Waals surface area contributed by atoms with E-state index in [1.165, 1.54) is 0 Å². The number of hydrogen-bond donors (Lipinski definition) is 0. The zero-order valence-electron chi connectivity index (χ0n) is 8.88. The Morgan fingerprint density at radius 2 is 2.08 bits per heavy atom. The van der Waals surface area contributed by atoms with Gasteiger partial charge in [-0.25, -0.2) is 0 Å². The number of carbonyl (C=O) groups is 1. The molecule has 0 aromatic rings. The molecule has 0 aromatic heterocycles. The number of ketones is 1. The molecule has 1 fully saturated rings. The van der Waals surface area contributed by atoms with Crippen LogP contribution in [0.1, 0.15) is 39.5 Å². The summed E-state index contributed by atoms with van der Waals surface area (Å²) in [7, 11) is 0. The van der Waals surface area contributed by atoms with Crippen molar-refractivity contribution >= 4 is 5.78 Å². The summed E-state index contributed by atoms with van der Waals surface area (Å²) in [6, 6.07) is 0. The normalized spacial score (nSPS) is 23.0. The van der Waals surface area contributed by atoms with Crippen molar-refractivity contribution in [2.24, 2.45) is 5.92 Å². The maximum absolute atomic E-state index is 11.3. The summed E-state index contributed by atoms with van der Waals surface area (Å²) in [5.74, 6) is 0.896. The van der Waals surface area contributed by atoms with Gasteiger partial charge in [-0.15, -0.1) is 0 Å². The Balaban J connectivity index is 2.20. The van der Waals surface area contributed by atoms with Gasteiger partial charge >= 0.3 is 0 Å². The largest absolute Gasteiger partial charge is 0.304 e. The molecule has 1 unspecified atom stereocenters. The van der Waals surface area contributed by atoms with Gasteiger partial charge in [0.25, 0.3) is 0 Å². The lowest BCUT2D eigenvalue weighted by molar-refractivity contribution is -0.120. The number of Topliss-reactive ketones (excluding diaryl/α,β-unsaturated/α-hetero) is 1. The minimum absolute atomic E-state index is 0.389. The lowest BCUT2D eigenvalue weighted by Gasteiger charge is -2.19. The molecule has 2 nitrogen and oxygen atoms in total. The average Bonchev–Trinajstić information content (AvgIpc) is 2.54. The Labute approximate surface area is 81.3 Å². The summed E-state index contributed by atoms with van der Waals surface area (Å²) in [5, 5.41) is 0. The van der Waals surface area contributed by atoms with Crippen molar-refractivity contribution in [3.05, 3.63) is 0 Å². The van der Waals surface area contributed by atoms with Gasteiger partial charge in [-0.2, -0.15) is 0 Å². The number of rotatable bonds is 5. The minimum atomic E-state index is 0.389. The highest BCUT2D eigenvalue weighted by molar-refractivity contribution is 5.82. The lowest BCUT2D eigenvalue weighted by atomic mass is 10.0. The SMILES string of the molecule is CCN(CC)CCC1CCCC1=O. The van der Waals surface area contributed by atoms with E-state index in [1.54, 1.807) is 0 Å². The molecule has 0 heterocycles. The predicted octanol–water partition coefficient (Wildman–Crippen LogP) is 2.09. The Bertz CT molecular complexity index is 163. The first kappa shape index (κ1) is 10.7. The van der Waals surface area contributed by atoms with E-state index in [1.807, 2.05) is 0 Å². The molecule has 0 radical (unpaired) electrons. The molecule has 0 aromatic carbocycles. The van der Waals surface area contributed by atoms with Crippen LogP contribution in [0.15, 0.2) is 0 Å². The van der Waals surface area contributed by atoms with E-state index < -0.39 is 0 Å². The Hall–Kier alpha value is -0.370. The zero-order chi connectivity index (χ0) is 9.68. The Kier molecular flexibility index (Phi) is 4.43. The fourth-order valence-electron chi connectivity index (χ4n) is 2.07. The van der Waals surface area contributed by atoms with E-state index in [9.17, 15) is 4.79 Å². The zero-order valence-corrected chi connectivity index (χ0v) is 8.88. The molecule has 1 rings (SSSR count). The first-order chi connectivity index (χ1) is 6.27. The highest BCUT2D eigenvalue weighted by atomic mass is 16.1. The number of carbonyl (C=O) groups excluding carboxylic acids is 1. The second kappa shape index (κ2) is 5.38. The van der Waals surface area contributed by atoms with Crippen molar-refractivity contribution in [1.82, 2.24) is 4.90 Å². The Morgan fingerprint density at radius 3 is 2.54 bits per heavy atom. The summed E-state index contributed by atoms with van der Waals surface area (Å²) >= 11 is 0. The van der Waals surface area contributed by atoms with Crippen LogP contribution in [0.4, 0.5) is 0 Å². The van der Waals surface area contributed by atoms with Crippen molar-refractivity contribution in [2.45, 2.75) is 39.5 Å². The van der Waals surface area contributed by atoms with Gasteiger partial charge in [0.15, 0.2) is 0 Å². The third kappa shape index (κ3) is 3.11. The Morgan fingerprint density at radius 1 is 1.38 bits per heavy atom. The summed E-state index contributed by atoms with van der Waals surface area (Å²) in [6.07, 6.45) is 4.19. The molecule has 0 N–H and O–H groups in total. The minimum Gasteiger partial charge on any atom is -0.304 e. The van der Waals surface area contributed by atoms with Crippen LogP contribution in [0.3, 0.4) is 0 Å². The fourth-order valence-corrected chi connectivity index (χ4v) is 2.07. The summed E-state index contributed by atoms with van der Waals surface area (Å²) in [4.78, 5) is 13.7. The standard InChI is InChI=1S/C11H21NO/c1-3-12(4-2)9-8-10-6-5-7-11(10)13/h10H,3-9H2,1-2H3. The molecule has 0 amide bonds.